The fourth-order valence-electron chi connectivity index (χ4n) is 5.04. The van der Waals surface area contributed by atoms with Crippen molar-refractivity contribution in [2.75, 3.05) is 5.32 Å². The van der Waals surface area contributed by atoms with E-state index in [-0.39, 0.29) is 5.78 Å². The lowest BCUT2D eigenvalue weighted by Gasteiger charge is -2.43. The van der Waals surface area contributed by atoms with Crippen LogP contribution in [0.3, 0.4) is 0 Å². The maximum Gasteiger partial charge on any atom is 0.167 e. The molecular weight excluding hydrogens is 352 g/mol. The Kier molecular flexibility index (Phi) is 3.40. The van der Waals surface area contributed by atoms with Crippen LogP contribution < -0.4 is 5.32 Å². The fourth-order valence-corrected chi connectivity index (χ4v) is 5.80. The topological polar surface area (TPSA) is 42.0 Å². The average molecular weight is 377 g/mol. The summed E-state index contributed by atoms with van der Waals surface area (Å²) in [6.07, 6.45) is 5.26. The van der Waals surface area contributed by atoms with Gasteiger partial charge in [-0.1, -0.05) is 0 Å². The highest BCUT2D eigenvalue weighted by Gasteiger charge is 2.47. The van der Waals surface area contributed by atoms with Crippen LogP contribution >= 0.6 is 11.3 Å². The number of hydrogen-bond donors (Lipinski definition) is 1. The van der Waals surface area contributed by atoms with Crippen LogP contribution in [0.25, 0.3) is 21.3 Å². The quantitative estimate of drug-likeness (QED) is 0.609. The Bertz CT molecular complexity index is 1110. The SMILES string of the molecule is CC1(C)Nc2c(cc(-c3ccnc4sccc34)c3c2CCC3)C(C)(C)C1=O. The minimum atomic E-state index is -0.536. The molecule has 0 amide bonds. The first-order valence-electron chi connectivity index (χ1n) is 9.65. The van der Waals surface area contributed by atoms with E-state index in [2.05, 4.69) is 47.7 Å². The first-order chi connectivity index (χ1) is 12.8. The third kappa shape index (κ3) is 2.26. The van der Waals surface area contributed by atoms with Gasteiger partial charge in [-0.15, -0.1) is 11.3 Å². The molecule has 1 aliphatic carbocycles. The lowest BCUT2D eigenvalue weighted by atomic mass is 9.68. The molecule has 0 atom stereocenters. The molecule has 2 aliphatic rings. The monoisotopic (exact) mass is 376 g/mol. The van der Waals surface area contributed by atoms with E-state index in [0.717, 1.165) is 23.2 Å². The van der Waals surface area contributed by atoms with Gasteiger partial charge in [0, 0.05) is 17.3 Å². The van der Waals surface area contributed by atoms with Crippen LogP contribution in [-0.2, 0) is 23.1 Å². The molecule has 0 saturated heterocycles. The number of anilines is 1. The fraction of sp³-hybridized carbons (Fsp3) is 0.391. The number of hydrogen-bond acceptors (Lipinski definition) is 4. The summed E-state index contributed by atoms with van der Waals surface area (Å²) in [5, 5.41) is 6.91. The molecule has 0 spiro atoms. The van der Waals surface area contributed by atoms with Gasteiger partial charge in [-0.05, 0) is 98.4 Å². The summed E-state index contributed by atoms with van der Waals surface area (Å²) in [7, 11) is 0. The smallest absolute Gasteiger partial charge is 0.167 e. The zero-order valence-corrected chi connectivity index (χ0v) is 17.1. The molecule has 0 radical (unpaired) electrons. The molecule has 27 heavy (non-hydrogen) atoms. The number of thiophene rings is 1. The Labute approximate surface area is 163 Å². The van der Waals surface area contributed by atoms with Crippen LogP contribution in [-0.4, -0.2) is 16.3 Å². The molecule has 0 bridgehead atoms. The van der Waals surface area contributed by atoms with E-state index in [1.807, 2.05) is 20.0 Å². The van der Waals surface area contributed by atoms with Gasteiger partial charge in [-0.3, -0.25) is 4.79 Å². The summed E-state index contributed by atoms with van der Waals surface area (Å²) in [5.41, 5.74) is 6.70. The third-order valence-corrected chi connectivity index (χ3v) is 7.13. The summed E-state index contributed by atoms with van der Waals surface area (Å²) in [6, 6.07) is 6.58. The van der Waals surface area contributed by atoms with E-state index >= 15 is 0 Å². The number of carbonyl (C=O) groups is 1. The second-order valence-electron chi connectivity index (χ2n) is 8.86. The molecule has 4 heteroatoms. The zero-order valence-electron chi connectivity index (χ0n) is 16.3. The number of carbonyl (C=O) groups excluding carboxylic acids is 1. The molecule has 2 aromatic heterocycles. The largest absolute Gasteiger partial charge is 0.373 e. The van der Waals surface area contributed by atoms with Crippen molar-refractivity contribution in [3.63, 3.8) is 0 Å². The molecule has 1 aromatic carbocycles. The van der Waals surface area contributed by atoms with Crippen LogP contribution in [0, 0.1) is 0 Å². The second kappa shape index (κ2) is 5.41. The highest BCUT2D eigenvalue weighted by atomic mass is 32.1. The highest BCUT2D eigenvalue weighted by Crippen LogP contribution is 2.49. The van der Waals surface area contributed by atoms with Crippen molar-refractivity contribution >= 4 is 33.0 Å². The minimum absolute atomic E-state index is 0.252. The van der Waals surface area contributed by atoms with Gasteiger partial charge in [-0.25, -0.2) is 4.98 Å². The molecule has 3 heterocycles. The van der Waals surface area contributed by atoms with Crippen molar-refractivity contribution in [2.45, 2.75) is 57.9 Å². The van der Waals surface area contributed by atoms with E-state index in [4.69, 9.17) is 0 Å². The second-order valence-corrected chi connectivity index (χ2v) is 9.75. The summed E-state index contributed by atoms with van der Waals surface area (Å²) in [5.74, 6) is 0.252. The molecule has 1 aliphatic heterocycles. The average Bonchev–Trinajstić information content (AvgIpc) is 3.29. The number of rotatable bonds is 1. The number of ketones is 1. The van der Waals surface area contributed by atoms with E-state index in [0.29, 0.717) is 0 Å². The number of benzene rings is 1. The van der Waals surface area contributed by atoms with E-state index in [1.54, 1.807) is 11.3 Å². The van der Waals surface area contributed by atoms with Crippen molar-refractivity contribution in [3.05, 3.63) is 46.5 Å². The summed E-state index contributed by atoms with van der Waals surface area (Å²) in [6.45, 7) is 8.17. The van der Waals surface area contributed by atoms with Crippen molar-refractivity contribution < 1.29 is 4.79 Å². The van der Waals surface area contributed by atoms with E-state index in [9.17, 15) is 4.79 Å². The normalized spacial score (nSPS) is 19.6. The molecule has 138 valence electrons. The van der Waals surface area contributed by atoms with Crippen LogP contribution in [0.1, 0.15) is 50.8 Å². The molecule has 0 unspecified atom stereocenters. The van der Waals surface area contributed by atoms with Gasteiger partial charge in [0.05, 0.1) is 11.0 Å². The summed E-state index contributed by atoms with van der Waals surface area (Å²) < 4.78 is 0. The van der Waals surface area contributed by atoms with Crippen molar-refractivity contribution in [2.24, 2.45) is 0 Å². The van der Waals surface area contributed by atoms with Crippen LogP contribution in [0.2, 0.25) is 0 Å². The lowest BCUT2D eigenvalue weighted by molar-refractivity contribution is -0.127. The lowest BCUT2D eigenvalue weighted by Crippen LogP contribution is -2.53. The number of aromatic nitrogens is 1. The molecule has 5 rings (SSSR count). The van der Waals surface area contributed by atoms with Gasteiger partial charge in [0.2, 0.25) is 0 Å². The standard InChI is InChI=1S/C23H24N2OS/c1-22(2)18-12-17(14-8-10-24-20-16(14)9-11-27-20)13-6-5-7-15(13)19(18)25-23(3,4)21(22)26/h8-12,25H,5-7H2,1-4H3. The number of nitrogens with zero attached hydrogens (tertiary/aromatic N) is 1. The van der Waals surface area contributed by atoms with Crippen molar-refractivity contribution in [3.8, 4) is 11.1 Å². The Morgan fingerprint density at radius 3 is 2.67 bits per heavy atom. The van der Waals surface area contributed by atoms with Gasteiger partial charge in [0.15, 0.2) is 5.78 Å². The van der Waals surface area contributed by atoms with Crippen molar-refractivity contribution in [1.82, 2.24) is 4.98 Å². The number of nitrogens with one attached hydrogen (secondary N) is 1. The highest BCUT2D eigenvalue weighted by molar-refractivity contribution is 7.16. The molecule has 0 saturated carbocycles. The number of Topliss-reactive ketones (excluding diaryl/α,β-unsaturated/α-hetero) is 1. The first kappa shape index (κ1) is 16.9. The predicted octanol–water partition coefficient (Wildman–Crippen LogP) is 5.50. The van der Waals surface area contributed by atoms with Gasteiger partial charge >= 0.3 is 0 Å². The van der Waals surface area contributed by atoms with Crippen LogP contribution in [0.15, 0.2) is 29.8 Å². The summed E-state index contributed by atoms with van der Waals surface area (Å²) >= 11 is 1.68. The van der Waals surface area contributed by atoms with Crippen molar-refractivity contribution in [1.29, 1.82) is 0 Å². The predicted molar refractivity (Wildman–Crippen MR) is 113 cm³/mol. The van der Waals surface area contributed by atoms with Gasteiger partial charge in [-0.2, -0.15) is 0 Å². The number of fused-ring (bicyclic) bond motifs is 4. The van der Waals surface area contributed by atoms with E-state index in [1.165, 1.54) is 39.7 Å². The Morgan fingerprint density at radius 2 is 1.85 bits per heavy atom. The maximum absolute atomic E-state index is 13.2. The van der Waals surface area contributed by atoms with Gasteiger partial charge in [0.25, 0.3) is 0 Å². The Hall–Kier alpha value is -2.20. The van der Waals surface area contributed by atoms with Gasteiger partial charge in [0.1, 0.15) is 4.83 Å². The zero-order chi connectivity index (χ0) is 19.0. The molecular formula is C23H24N2OS. The first-order valence-corrected chi connectivity index (χ1v) is 10.5. The molecule has 0 fully saturated rings. The van der Waals surface area contributed by atoms with E-state index < -0.39 is 11.0 Å². The summed E-state index contributed by atoms with van der Waals surface area (Å²) in [4.78, 5) is 18.8. The minimum Gasteiger partial charge on any atom is -0.373 e. The maximum atomic E-state index is 13.2. The van der Waals surface area contributed by atoms with Crippen LogP contribution in [0.5, 0.6) is 0 Å². The molecule has 1 N–H and O–H groups in total. The van der Waals surface area contributed by atoms with Gasteiger partial charge < -0.3 is 5.32 Å². The van der Waals surface area contributed by atoms with Crippen LogP contribution in [0.4, 0.5) is 5.69 Å². The Balaban J connectivity index is 1.84. The molecule has 3 aromatic rings. The third-order valence-electron chi connectivity index (χ3n) is 6.31. The Morgan fingerprint density at radius 1 is 1.07 bits per heavy atom. The number of pyridine rings is 1. The molecule has 3 nitrogen and oxygen atoms in total.